The summed E-state index contributed by atoms with van der Waals surface area (Å²) < 4.78 is 5.25. The van der Waals surface area contributed by atoms with Crippen LogP contribution in [-0.2, 0) is 0 Å². The third kappa shape index (κ3) is 1.69. The Morgan fingerprint density at radius 3 is 2.75 bits per heavy atom. The van der Waals surface area contributed by atoms with Gasteiger partial charge >= 0.3 is 0 Å². The molecule has 4 nitrogen and oxygen atoms in total. The van der Waals surface area contributed by atoms with Crippen molar-refractivity contribution in [2.24, 2.45) is 5.73 Å². The van der Waals surface area contributed by atoms with E-state index in [9.17, 15) is 0 Å². The molecule has 0 radical (unpaired) electrons. The molecule has 1 aromatic carbocycles. The monoisotopic (exact) mass is 221 g/mol. The number of ether oxygens (including phenoxy) is 1. The highest BCUT2D eigenvalue weighted by Gasteiger charge is 2.25. The Bertz CT molecular complexity index is 381. The predicted octanol–water partition coefficient (Wildman–Crippen LogP) is 0.908. The molecule has 0 aromatic heterocycles. The second kappa shape index (κ2) is 4.22. The zero-order valence-electron chi connectivity index (χ0n) is 10.1. The van der Waals surface area contributed by atoms with E-state index < -0.39 is 0 Å². The van der Waals surface area contributed by atoms with E-state index >= 15 is 0 Å². The van der Waals surface area contributed by atoms with Crippen molar-refractivity contribution in [3.05, 3.63) is 18.2 Å². The number of likely N-dealkylation sites (N-methyl/N-ethyl adjacent to an activating group) is 2. The lowest BCUT2D eigenvalue weighted by Crippen LogP contribution is -2.49. The van der Waals surface area contributed by atoms with Crippen LogP contribution in [0.1, 0.15) is 0 Å². The molecular weight excluding hydrogens is 202 g/mol. The summed E-state index contributed by atoms with van der Waals surface area (Å²) in [4.78, 5) is 4.48. The molecule has 2 N–H and O–H groups in total. The molecule has 0 fully saturated rings. The number of benzene rings is 1. The van der Waals surface area contributed by atoms with Crippen molar-refractivity contribution in [3.63, 3.8) is 0 Å². The normalized spacial score (nSPS) is 19.6. The first-order valence-electron chi connectivity index (χ1n) is 5.49. The third-order valence-corrected chi connectivity index (χ3v) is 3.28. The lowest BCUT2D eigenvalue weighted by Gasteiger charge is -2.41. The molecule has 1 unspecified atom stereocenters. The van der Waals surface area contributed by atoms with Crippen molar-refractivity contribution in [1.29, 1.82) is 0 Å². The maximum Gasteiger partial charge on any atom is 0.121 e. The van der Waals surface area contributed by atoms with Crippen molar-refractivity contribution >= 4 is 11.4 Å². The Morgan fingerprint density at radius 1 is 1.38 bits per heavy atom. The van der Waals surface area contributed by atoms with E-state index in [-0.39, 0.29) is 0 Å². The maximum atomic E-state index is 5.78. The molecule has 0 aliphatic carbocycles. The highest BCUT2D eigenvalue weighted by atomic mass is 16.5. The van der Waals surface area contributed by atoms with Gasteiger partial charge in [-0.3, -0.25) is 0 Å². The van der Waals surface area contributed by atoms with E-state index in [1.165, 1.54) is 11.4 Å². The molecule has 1 heterocycles. The van der Waals surface area contributed by atoms with Crippen LogP contribution in [0.3, 0.4) is 0 Å². The largest absolute Gasteiger partial charge is 0.497 e. The van der Waals surface area contributed by atoms with Gasteiger partial charge in [-0.2, -0.15) is 0 Å². The molecule has 16 heavy (non-hydrogen) atoms. The molecule has 2 rings (SSSR count). The Labute approximate surface area is 96.6 Å². The fourth-order valence-electron chi connectivity index (χ4n) is 2.20. The average Bonchev–Trinajstić information content (AvgIpc) is 2.33. The first-order chi connectivity index (χ1) is 7.67. The molecular formula is C12H19N3O. The first kappa shape index (κ1) is 11.1. The van der Waals surface area contributed by atoms with Crippen molar-refractivity contribution in [3.8, 4) is 5.75 Å². The van der Waals surface area contributed by atoms with Crippen molar-refractivity contribution < 1.29 is 4.74 Å². The van der Waals surface area contributed by atoms with Crippen molar-refractivity contribution in [2.45, 2.75) is 6.04 Å². The van der Waals surface area contributed by atoms with Crippen LogP contribution in [0.2, 0.25) is 0 Å². The predicted molar refractivity (Wildman–Crippen MR) is 67.5 cm³/mol. The van der Waals surface area contributed by atoms with Gasteiger partial charge in [0.2, 0.25) is 0 Å². The van der Waals surface area contributed by atoms with Crippen LogP contribution in [0.25, 0.3) is 0 Å². The smallest absolute Gasteiger partial charge is 0.121 e. The number of nitrogens with two attached hydrogens (primary N) is 1. The van der Waals surface area contributed by atoms with Gasteiger partial charge in [-0.05, 0) is 12.1 Å². The van der Waals surface area contributed by atoms with Crippen LogP contribution >= 0.6 is 0 Å². The average molecular weight is 221 g/mol. The fraction of sp³-hybridized carbons (Fsp3) is 0.500. The highest BCUT2D eigenvalue weighted by molar-refractivity contribution is 5.75. The molecule has 0 amide bonds. The Balaban J connectivity index is 2.41. The first-order valence-corrected chi connectivity index (χ1v) is 5.49. The molecule has 1 atom stereocenters. The second-order valence-corrected chi connectivity index (χ2v) is 4.24. The summed E-state index contributed by atoms with van der Waals surface area (Å²) in [5.74, 6) is 0.894. The Kier molecular flexibility index (Phi) is 2.92. The number of methoxy groups -OCH3 is 1. The minimum absolute atomic E-state index is 0.380. The van der Waals surface area contributed by atoms with E-state index in [4.69, 9.17) is 10.5 Å². The summed E-state index contributed by atoms with van der Waals surface area (Å²) in [7, 11) is 5.88. The minimum atomic E-state index is 0.380. The lowest BCUT2D eigenvalue weighted by molar-refractivity contribution is 0.414. The number of nitrogens with zero attached hydrogens (tertiary/aromatic N) is 2. The molecule has 0 saturated carbocycles. The number of fused-ring (bicyclic) bond motifs is 1. The molecule has 4 heteroatoms. The van der Waals surface area contributed by atoms with Gasteiger partial charge in [0, 0.05) is 33.3 Å². The summed E-state index contributed by atoms with van der Waals surface area (Å²) in [6, 6.07) is 6.53. The second-order valence-electron chi connectivity index (χ2n) is 4.24. The van der Waals surface area contributed by atoms with Crippen LogP contribution in [0.4, 0.5) is 11.4 Å². The van der Waals surface area contributed by atoms with Gasteiger partial charge in [-0.15, -0.1) is 0 Å². The molecule has 1 aliphatic heterocycles. The highest BCUT2D eigenvalue weighted by Crippen LogP contribution is 2.36. The van der Waals surface area contributed by atoms with Gasteiger partial charge in [-0.1, -0.05) is 0 Å². The van der Waals surface area contributed by atoms with Gasteiger partial charge in [-0.25, -0.2) is 0 Å². The molecule has 0 saturated heterocycles. The van der Waals surface area contributed by atoms with Gasteiger partial charge < -0.3 is 20.3 Å². The topological polar surface area (TPSA) is 41.7 Å². The van der Waals surface area contributed by atoms with E-state index in [1.54, 1.807) is 7.11 Å². The molecule has 1 aromatic rings. The van der Waals surface area contributed by atoms with Crippen LogP contribution < -0.4 is 20.3 Å². The lowest BCUT2D eigenvalue weighted by atomic mass is 10.1. The van der Waals surface area contributed by atoms with E-state index in [1.807, 2.05) is 6.07 Å². The summed E-state index contributed by atoms with van der Waals surface area (Å²) in [5.41, 5.74) is 8.19. The van der Waals surface area contributed by atoms with Crippen molar-refractivity contribution in [1.82, 2.24) is 0 Å². The summed E-state index contributed by atoms with van der Waals surface area (Å²) in [6.45, 7) is 1.62. The quantitative estimate of drug-likeness (QED) is 0.806. The molecule has 0 spiro atoms. The molecule has 0 bridgehead atoms. The number of anilines is 2. The Morgan fingerprint density at radius 2 is 2.12 bits per heavy atom. The number of hydrogen-bond acceptors (Lipinski definition) is 4. The van der Waals surface area contributed by atoms with Crippen LogP contribution in [-0.4, -0.2) is 40.3 Å². The fourth-order valence-corrected chi connectivity index (χ4v) is 2.20. The number of rotatable bonds is 2. The van der Waals surface area contributed by atoms with Crippen LogP contribution in [0.5, 0.6) is 5.75 Å². The zero-order valence-corrected chi connectivity index (χ0v) is 10.1. The summed E-state index contributed by atoms with van der Waals surface area (Å²) >= 11 is 0. The van der Waals surface area contributed by atoms with E-state index in [0.717, 1.165) is 12.3 Å². The zero-order chi connectivity index (χ0) is 11.7. The third-order valence-electron chi connectivity index (χ3n) is 3.28. The summed E-state index contributed by atoms with van der Waals surface area (Å²) in [6.07, 6.45) is 0. The molecule has 88 valence electrons. The standard InChI is InChI=1S/C12H19N3O/c1-14-8-9(7-13)15(2)11-5-4-10(16-3)6-12(11)14/h4-6,9H,7-8,13H2,1-3H3. The van der Waals surface area contributed by atoms with E-state index in [0.29, 0.717) is 12.6 Å². The number of hydrogen-bond donors (Lipinski definition) is 1. The van der Waals surface area contributed by atoms with Crippen LogP contribution in [0.15, 0.2) is 18.2 Å². The van der Waals surface area contributed by atoms with Crippen molar-refractivity contribution in [2.75, 3.05) is 44.1 Å². The Hall–Kier alpha value is -1.42. The van der Waals surface area contributed by atoms with E-state index in [2.05, 4.69) is 36.0 Å². The van der Waals surface area contributed by atoms with Gasteiger partial charge in [0.05, 0.1) is 24.5 Å². The maximum absolute atomic E-state index is 5.78. The van der Waals surface area contributed by atoms with Gasteiger partial charge in [0.1, 0.15) is 5.75 Å². The van der Waals surface area contributed by atoms with Gasteiger partial charge in [0.15, 0.2) is 0 Å². The summed E-state index contributed by atoms with van der Waals surface area (Å²) in [5, 5.41) is 0. The van der Waals surface area contributed by atoms with Gasteiger partial charge in [0.25, 0.3) is 0 Å². The van der Waals surface area contributed by atoms with Crippen LogP contribution in [0, 0.1) is 0 Å². The molecule has 1 aliphatic rings. The minimum Gasteiger partial charge on any atom is -0.497 e. The SMILES string of the molecule is COc1ccc2c(c1)N(C)CC(CN)N2C.